The van der Waals surface area contributed by atoms with Crippen molar-refractivity contribution in [2.24, 2.45) is 17.1 Å². The lowest BCUT2D eigenvalue weighted by Crippen LogP contribution is -2.48. The summed E-state index contributed by atoms with van der Waals surface area (Å²) < 4.78 is 0. The van der Waals surface area contributed by atoms with E-state index in [1.807, 2.05) is 0 Å². The van der Waals surface area contributed by atoms with Gasteiger partial charge in [-0.25, -0.2) is 0 Å². The molecule has 0 bridgehead atoms. The summed E-state index contributed by atoms with van der Waals surface area (Å²) in [5.41, 5.74) is 5.60. The van der Waals surface area contributed by atoms with E-state index in [0.717, 1.165) is 38.8 Å². The first-order valence-corrected chi connectivity index (χ1v) is 8.25. The fourth-order valence-electron chi connectivity index (χ4n) is 3.47. The van der Waals surface area contributed by atoms with Gasteiger partial charge in [0.2, 0.25) is 5.91 Å². The molecule has 4 nitrogen and oxygen atoms in total. The van der Waals surface area contributed by atoms with Crippen LogP contribution in [0, 0.1) is 11.3 Å². The molecule has 1 atom stereocenters. The quantitative estimate of drug-likeness (QED) is 0.716. The molecular formula is C16H33N3O. The number of piperidine rings is 1. The first kappa shape index (κ1) is 17.4. The molecule has 20 heavy (non-hydrogen) atoms. The number of carbonyl (C=O) groups is 1. The minimum atomic E-state index is -0.343. The largest absolute Gasteiger partial charge is 0.355 e. The number of nitrogens with one attached hydrogen (secondary N) is 1. The van der Waals surface area contributed by atoms with Crippen LogP contribution >= 0.6 is 0 Å². The van der Waals surface area contributed by atoms with E-state index in [-0.39, 0.29) is 11.3 Å². The molecule has 1 rings (SSSR count). The second-order valence-corrected chi connectivity index (χ2v) is 6.46. The fraction of sp³-hybridized carbons (Fsp3) is 0.938. The maximum absolute atomic E-state index is 12.6. The zero-order valence-corrected chi connectivity index (χ0v) is 13.6. The van der Waals surface area contributed by atoms with Gasteiger partial charge in [-0.3, -0.25) is 4.79 Å². The second kappa shape index (κ2) is 8.63. The van der Waals surface area contributed by atoms with E-state index in [4.69, 9.17) is 5.73 Å². The minimum Gasteiger partial charge on any atom is -0.355 e. The molecule has 1 unspecified atom stereocenters. The molecule has 1 amide bonds. The van der Waals surface area contributed by atoms with Gasteiger partial charge in [0.25, 0.3) is 0 Å². The summed E-state index contributed by atoms with van der Waals surface area (Å²) in [5, 5.41) is 3.19. The number of hydrogen-bond donors (Lipinski definition) is 2. The Morgan fingerprint density at radius 3 is 2.50 bits per heavy atom. The summed E-state index contributed by atoms with van der Waals surface area (Å²) in [6.07, 6.45) is 6.28. The SMILES string of the molecule is CCCC(CN)(CCC)C(=O)NCC1CCCN(C)C1. The van der Waals surface area contributed by atoms with Gasteiger partial charge in [0.05, 0.1) is 5.41 Å². The second-order valence-electron chi connectivity index (χ2n) is 6.46. The highest BCUT2D eigenvalue weighted by molar-refractivity contribution is 5.82. The van der Waals surface area contributed by atoms with E-state index in [1.54, 1.807) is 0 Å². The summed E-state index contributed by atoms with van der Waals surface area (Å²) in [7, 11) is 2.16. The van der Waals surface area contributed by atoms with Crippen LogP contribution in [0.15, 0.2) is 0 Å². The summed E-state index contributed by atoms with van der Waals surface area (Å²) in [4.78, 5) is 15.0. The predicted molar refractivity (Wildman–Crippen MR) is 84.5 cm³/mol. The van der Waals surface area contributed by atoms with Crippen LogP contribution in [0.1, 0.15) is 52.4 Å². The van der Waals surface area contributed by atoms with Crippen LogP contribution in [0.4, 0.5) is 0 Å². The van der Waals surface area contributed by atoms with Gasteiger partial charge < -0.3 is 16.0 Å². The van der Waals surface area contributed by atoms with Crippen molar-refractivity contribution in [2.75, 3.05) is 33.2 Å². The number of likely N-dealkylation sites (tertiary alicyclic amines) is 1. The lowest BCUT2D eigenvalue weighted by atomic mass is 9.78. The van der Waals surface area contributed by atoms with Crippen LogP contribution in [0.25, 0.3) is 0 Å². The smallest absolute Gasteiger partial charge is 0.227 e. The number of hydrogen-bond acceptors (Lipinski definition) is 3. The molecule has 4 heteroatoms. The fourth-order valence-corrected chi connectivity index (χ4v) is 3.47. The van der Waals surface area contributed by atoms with Gasteiger partial charge in [0.1, 0.15) is 0 Å². The van der Waals surface area contributed by atoms with Crippen LogP contribution in [0.2, 0.25) is 0 Å². The van der Waals surface area contributed by atoms with E-state index < -0.39 is 0 Å². The third-order valence-corrected chi connectivity index (χ3v) is 4.60. The zero-order valence-electron chi connectivity index (χ0n) is 13.6. The molecular weight excluding hydrogens is 250 g/mol. The molecule has 118 valence electrons. The summed E-state index contributed by atoms with van der Waals surface area (Å²) in [5.74, 6) is 0.772. The Hall–Kier alpha value is -0.610. The number of rotatable bonds is 8. The Morgan fingerprint density at radius 2 is 2.00 bits per heavy atom. The maximum atomic E-state index is 12.6. The molecule has 0 aliphatic carbocycles. The van der Waals surface area contributed by atoms with Crippen LogP contribution in [-0.4, -0.2) is 44.0 Å². The van der Waals surface area contributed by atoms with Crippen molar-refractivity contribution in [3.05, 3.63) is 0 Å². The normalized spacial score (nSPS) is 20.9. The summed E-state index contributed by atoms with van der Waals surface area (Å²) in [6.45, 7) is 7.80. The third kappa shape index (κ3) is 4.74. The van der Waals surface area contributed by atoms with Crippen molar-refractivity contribution in [3.63, 3.8) is 0 Å². The number of carbonyl (C=O) groups excluding carboxylic acids is 1. The van der Waals surface area contributed by atoms with E-state index in [2.05, 4.69) is 31.1 Å². The molecule has 1 fully saturated rings. The first-order valence-electron chi connectivity index (χ1n) is 8.25. The molecule has 0 spiro atoms. The average molecular weight is 283 g/mol. The molecule has 3 N–H and O–H groups in total. The lowest BCUT2D eigenvalue weighted by molar-refractivity contribution is -0.131. The van der Waals surface area contributed by atoms with Crippen LogP contribution in [0.5, 0.6) is 0 Å². The van der Waals surface area contributed by atoms with Gasteiger partial charge in [-0.15, -0.1) is 0 Å². The van der Waals surface area contributed by atoms with E-state index in [1.165, 1.54) is 19.4 Å². The molecule has 0 saturated carbocycles. The third-order valence-electron chi connectivity index (χ3n) is 4.60. The van der Waals surface area contributed by atoms with Crippen LogP contribution in [-0.2, 0) is 4.79 Å². The summed E-state index contributed by atoms with van der Waals surface area (Å²) in [6, 6.07) is 0. The van der Waals surface area contributed by atoms with Gasteiger partial charge in [0, 0.05) is 19.6 Å². The molecule has 0 aromatic carbocycles. The van der Waals surface area contributed by atoms with Gasteiger partial charge in [-0.2, -0.15) is 0 Å². The Kier molecular flexibility index (Phi) is 7.52. The Balaban J connectivity index is 2.52. The van der Waals surface area contributed by atoms with Crippen molar-refractivity contribution in [1.29, 1.82) is 0 Å². The van der Waals surface area contributed by atoms with Gasteiger partial charge >= 0.3 is 0 Å². The van der Waals surface area contributed by atoms with E-state index in [9.17, 15) is 4.79 Å². The standard InChI is InChI=1S/C16H33N3O/c1-4-8-16(13-17,9-5-2)15(20)18-11-14-7-6-10-19(3)12-14/h14H,4-13,17H2,1-3H3,(H,18,20). The number of nitrogens with two attached hydrogens (primary N) is 1. The Labute approximate surface area is 124 Å². The van der Waals surface area contributed by atoms with Crippen molar-refractivity contribution in [1.82, 2.24) is 10.2 Å². The van der Waals surface area contributed by atoms with Crippen molar-refractivity contribution in [2.45, 2.75) is 52.4 Å². The molecule has 0 radical (unpaired) electrons. The first-order chi connectivity index (χ1) is 9.57. The summed E-state index contributed by atoms with van der Waals surface area (Å²) >= 11 is 0. The molecule has 0 aromatic rings. The number of nitrogens with zero attached hydrogens (tertiary/aromatic N) is 1. The molecule has 1 heterocycles. The molecule has 1 saturated heterocycles. The Bertz CT molecular complexity index is 287. The monoisotopic (exact) mass is 283 g/mol. The van der Waals surface area contributed by atoms with E-state index >= 15 is 0 Å². The highest BCUT2D eigenvalue weighted by Crippen LogP contribution is 2.29. The zero-order chi connectivity index (χ0) is 15.0. The molecule has 1 aliphatic heterocycles. The highest BCUT2D eigenvalue weighted by Gasteiger charge is 2.35. The van der Waals surface area contributed by atoms with Crippen molar-refractivity contribution >= 4 is 5.91 Å². The maximum Gasteiger partial charge on any atom is 0.227 e. The lowest BCUT2D eigenvalue weighted by Gasteiger charge is -2.33. The van der Waals surface area contributed by atoms with Crippen LogP contribution in [0.3, 0.4) is 0 Å². The van der Waals surface area contributed by atoms with Crippen molar-refractivity contribution < 1.29 is 4.79 Å². The van der Waals surface area contributed by atoms with Crippen LogP contribution < -0.4 is 11.1 Å². The Morgan fingerprint density at radius 1 is 1.35 bits per heavy atom. The van der Waals surface area contributed by atoms with Crippen molar-refractivity contribution in [3.8, 4) is 0 Å². The number of amides is 1. The molecule has 0 aromatic heterocycles. The molecule has 1 aliphatic rings. The highest BCUT2D eigenvalue weighted by atomic mass is 16.2. The van der Waals surface area contributed by atoms with Gasteiger partial charge in [-0.05, 0) is 45.2 Å². The topological polar surface area (TPSA) is 58.4 Å². The van der Waals surface area contributed by atoms with Gasteiger partial charge in [0.15, 0.2) is 0 Å². The van der Waals surface area contributed by atoms with Gasteiger partial charge in [-0.1, -0.05) is 26.7 Å². The average Bonchev–Trinajstić information content (AvgIpc) is 2.44. The minimum absolute atomic E-state index is 0.178. The predicted octanol–water partition coefficient (Wildman–Crippen LogP) is 1.99. The van der Waals surface area contributed by atoms with E-state index in [0.29, 0.717) is 12.5 Å².